The second kappa shape index (κ2) is 8.43. The van der Waals surface area contributed by atoms with E-state index in [1.807, 2.05) is 60.7 Å². The fraction of sp³-hybridized carbons (Fsp3) is 0.0833. The lowest BCUT2D eigenvalue weighted by Crippen LogP contribution is -2.32. The minimum absolute atomic E-state index is 0.215. The number of methoxy groups -OCH3 is 2. The molecule has 0 aromatic heterocycles. The van der Waals surface area contributed by atoms with Crippen LogP contribution < -0.4 is 14.4 Å². The zero-order chi connectivity index (χ0) is 21.1. The zero-order valence-electron chi connectivity index (χ0n) is 16.5. The quantitative estimate of drug-likeness (QED) is 0.535. The molecule has 0 bridgehead atoms. The van der Waals surface area contributed by atoms with E-state index in [4.69, 9.17) is 21.1 Å². The smallest absolute Gasteiger partial charge is 0.282 e. The lowest BCUT2D eigenvalue weighted by Gasteiger charge is -2.19. The maximum absolute atomic E-state index is 13.3. The summed E-state index contributed by atoms with van der Waals surface area (Å²) in [5, 5.41) is 0.617. The van der Waals surface area contributed by atoms with Crippen LogP contribution in [0.15, 0.2) is 83.5 Å². The molecule has 0 unspecified atom stereocenters. The Bertz CT molecular complexity index is 1140. The molecule has 1 heterocycles. The Hall–Kier alpha value is -3.57. The molecule has 1 aliphatic rings. The fourth-order valence-electron chi connectivity index (χ4n) is 3.17. The van der Waals surface area contributed by atoms with Gasteiger partial charge in [-0.15, -0.1) is 0 Å². The van der Waals surface area contributed by atoms with Gasteiger partial charge in [-0.2, -0.15) is 0 Å². The number of benzene rings is 3. The summed E-state index contributed by atoms with van der Waals surface area (Å²) < 4.78 is 10.5. The molecule has 0 saturated heterocycles. The average molecular weight is 419 g/mol. The Morgan fingerprint density at radius 1 is 0.900 bits per heavy atom. The molecule has 0 N–H and O–H groups in total. The van der Waals surface area contributed by atoms with E-state index in [2.05, 4.69) is 4.99 Å². The minimum Gasteiger partial charge on any atom is -0.497 e. The number of rotatable bonds is 5. The second-order valence-electron chi connectivity index (χ2n) is 6.59. The van der Waals surface area contributed by atoms with Gasteiger partial charge in [-0.25, -0.2) is 4.99 Å². The van der Waals surface area contributed by atoms with Crippen molar-refractivity contribution in [1.82, 2.24) is 0 Å². The maximum Gasteiger partial charge on any atom is 0.282 e. The molecule has 4 rings (SSSR count). The summed E-state index contributed by atoms with van der Waals surface area (Å²) in [6.07, 6.45) is 1.75. The first-order chi connectivity index (χ1) is 14.6. The van der Waals surface area contributed by atoms with Crippen molar-refractivity contribution in [2.24, 2.45) is 4.99 Å². The van der Waals surface area contributed by atoms with Crippen LogP contribution in [0.3, 0.4) is 0 Å². The van der Waals surface area contributed by atoms with Crippen molar-refractivity contribution in [2.45, 2.75) is 0 Å². The van der Waals surface area contributed by atoms with Crippen LogP contribution in [0.5, 0.6) is 11.5 Å². The number of nitrogens with zero attached hydrogens (tertiary/aromatic N) is 2. The predicted octanol–water partition coefficient (Wildman–Crippen LogP) is 5.19. The highest BCUT2D eigenvalue weighted by Crippen LogP contribution is 2.30. The molecule has 1 amide bonds. The normalized spacial score (nSPS) is 14.8. The van der Waals surface area contributed by atoms with Crippen molar-refractivity contribution in [3.63, 3.8) is 0 Å². The Balaban J connectivity index is 1.79. The molecular weight excluding hydrogens is 400 g/mol. The van der Waals surface area contributed by atoms with E-state index in [-0.39, 0.29) is 5.91 Å². The van der Waals surface area contributed by atoms with Crippen molar-refractivity contribution < 1.29 is 14.3 Å². The van der Waals surface area contributed by atoms with Crippen LogP contribution in [0.4, 0.5) is 5.69 Å². The van der Waals surface area contributed by atoms with E-state index in [1.165, 1.54) is 0 Å². The molecule has 3 aromatic rings. The number of carbonyl (C=O) groups excluding carboxylic acids is 1. The first-order valence-corrected chi connectivity index (χ1v) is 9.66. The van der Waals surface area contributed by atoms with Crippen LogP contribution >= 0.6 is 11.6 Å². The Morgan fingerprint density at radius 3 is 2.27 bits per heavy atom. The summed E-state index contributed by atoms with van der Waals surface area (Å²) in [4.78, 5) is 19.6. The fourth-order valence-corrected chi connectivity index (χ4v) is 3.30. The van der Waals surface area contributed by atoms with Gasteiger partial charge in [-0.05, 0) is 72.3 Å². The van der Waals surface area contributed by atoms with Crippen LogP contribution in [0.2, 0.25) is 5.02 Å². The van der Waals surface area contributed by atoms with Gasteiger partial charge in [0, 0.05) is 10.6 Å². The van der Waals surface area contributed by atoms with Gasteiger partial charge in [0.2, 0.25) is 0 Å². The lowest BCUT2D eigenvalue weighted by atomic mass is 10.1. The molecule has 0 spiro atoms. The third-order valence-electron chi connectivity index (χ3n) is 4.69. The molecule has 0 atom stereocenters. The van der Waals surface area contributed by atoms with Crippen molar-refractivity contribution in [2.75, 3.05) is 19.1 Å². The molecule has 0 radical (unpaired) electrons. The molecule has 0 fully saturated rings. The van der Waals surface area contributed by atoms with Gasteiger partial charge in [0.25, 0.3) is 5.91 Å². The first-order valence-electron chi connectivity index (χ1n) is 9.28. The largest absolute Gasteiger partial charge is 0.497 e. The molecule has 3 aromatic carbocycles. The van der Waals surface area contributed by atoms with E-state index in [0.717, 1.165) is 11.1 Å². The van der Waals surface area contributed by atoms with Crippen LogP contribution in [0.25, 0.3) is 6.08 Å². The summed E-state index contributed by atoms with van der Waals surface area (Å²) in [7, 11) is 3.21. The number of halogens is 1. The second-order valence-corrected chi connectivity index (χ2v) is 7.02. The monoisotopic (exact) mass is 418 g/mol. The molecule has 150 valence electrons. The Morgan fingerprint density at radius 2 is 1.60 bits per heavy atom. The SMILES string of the molecule is COc1ccc(N2C(=O)/C(=C\c3cccc(OC)c3)N=C2c2ccc(Cl)cc2)cc1. The van der Waals surface area contributed by atoms with Crippen LogP contribution in [0, 0.1) is 0 Å². The Labute approximate surface area is 179 Å². The van der Waals surface area contributed by atoms with Crippen molar-refractivity contribution in [3.8, 4) is 11.5 Å². The summed E-state index contributed by atoms with van der Waals surface area (Å²) in [6.45, 7) is 0. The van der Waals surface area contributed by atoms with E-state index in [1.54, 1.807) is 37.3 Å². The molecule has 0 saturated carbocycles. The molecule has 0 aliphatic carbocycles. The summed E-state index contributed by atoms with van der Waals surface area (Å²) in [5.74, 6) is 1.75. The van der Waals surface area contributed by atoms with Crippen LogP contribution in [0.1, 0.15) is 11.1 Å². The number of aliphatic imine (C=N–C) groups is 1. The summed E-state index contributed by atoms with van der Waals surface area (Å²) in [6, 6.07) is 22.0. The van der Waals surface area contributed by atoms with Gasteiger partial charge in [-0.3, -0.25) is 9.69 Å². The zero-order valence-corrected chi connectivity index (χ0v) is 17.3. The number of carbonyl (C=O) groups is 1. The number of amides is 1. The van der Waals surface area contributed by atoms with E-state index >= 15 is 0 Å². The number of hydrogen-bond acceptors (Lipinski definition) is 4. The van der Waals surface area contributed by atoms with Gasteiger partial charge in [0.15, 0.2) is 0 Å². The number of anilines is 1. The van der Waals surface area contributed by atoms with Crippen molar-refractivity contribution >= 4 is 35.1 Å². The third kappa shape index (κ3) is 3.93. The molecule has 30 heavy (non-hydrogen) atoms. The Kier molecular flexibility index (Phi) is 5.55. The number of amidine groups is 1. The molecule has 1 aliphatic heterocycles. The standard InChI is InChI=1S/C24H19ClN2O3/c1-29-20-12-10-19(11-13-20)27-23(17-6-8-18(25)9-7-17)26-22(24(27)28)15-16-4-3-5-21(14-16)30-2/h3-15H,1-2H3/b22-15+. The maximum atomic E-state index is 13.3. The van der Waals surface area contributed by atoms with E-state index < -0.39 is 0 Å². The average Bonchev–Trinajstić information content (AvgIpc) is 3.10. The predicted molar refractivity (Wildman–Crippen MR) is 119 cm³/mol. The van der Waals surface area contributed by atoms with Crippen LogP contribution in [-0.2, 0) is 4.79 Å². The third-order valence-corrected chi connectivity index (χ3v) is 4.94. The lowest BCUT2D eigenvalue weighted by molar-refractivity contribution is -0.113. The molecular formula is C24H19ClN2O3. The van der Waals surface area contributed by atoms with Gasteiger partial charge in [-0.1, -0.05) is 23.7 Å². The highest BCUT2D eigenvalue weighted by Gasteiger charge is 2.32. The van der Waals surface area contributed by atoms with Crippen molar-refractivity contribution in [3.05, 3.63) is 94.6 Å². The highest BCUT2D eigenvalue weighted by molar-refractivity contribution is 6.34. The summed E-state index contributed by atoms with van der Waals surface area (Å²) in [5.41, 5.74) is 2.65. The first kappa shape index (κ1) is 19.7. The highest BCUT2D eigenvalue weighted by atomic mass is 35.5. The summed E-state index contributed by atoms with van der Waals surface area (Å²) >= 11 is 6.04. The minimum atomic E-state index is -0.215. The number of ether oxygens (including phenoxy) is 2. The molecule has 5 nitrogen and oxygen atoms in total. The van der Waals surface area contributed by atoms with E-state index in [9.17, 15) is 4.79 Å². The van der Waals surface area contributed by atoms with Gasteiger partial charge < -0.3 is 9.47 Å². The van der Waals surface area contributed by atoms with Gasteiger partial charge in [0.05, 0.1) is 19.9 Å². The van der Waals surface area contributed by atoms with Crippen molar-refractivity contribution in [1.29, 1.82) is 0 Å². The van der Waals surface area contributed by atoms with Gasteiger partial charge in [0.1, 0.15) is 23.0 Å². The molecule has 6 heteroatoms. The van der Waals surface area contributed by atoms with Gasteiger partial charge >= 0.3 is 0 Å². The topological polar surface area (TPSA) is 51.1 Å². The van der Waals surface area contributed by atoms with E-state index in [0.29, 0.717) is 33.7 Å². The van der Waals surface area contributed by atoms with Crippen LogP contribution in [-0.4, -0.2) is 26.0 Å². The number of hydrogen-bond donors (Lipinski definition) is 0.